The summed E-state index contributed by atoms with van der Waals surface area (Å²) in [6.45, 7) is 6.02. The molecule has 0 spiro atoms. The maximum atomic E-state index is 13.5. The highest BCUT2D eigenvalue weighted by Gasteiger charge is 2.26. The van der Waals surface area contributed by atoms with Crippen molar-refractivity contribution in [1.29, 1.82) is 0 Å². The minimum atomic E-state index is -4.00. The molecule has 0 amide bonds. The van der Waals surface area contributed by atoms with E-state index >= 15 is 0 Å². The van der Waals surface area contributed by atoms with Gasteiger partial charge in [0, 0.05) is 11.3 Å². The molecule has 0 aliphatic carbocycles. The number of nitrogens with zero attached hydrogens (tertiary/aromatic N) is 3. The number of aryl methyl sites for hydroxylation is 1. The van der Waals surface area contributed by atoms with Crippen LogP contribution < -0.4 is 5.32 Å². The molecule has 0 saturated carbocycles. The lowest BCUT2D eigenvalue weighted by molar-refractivity contribution is 0.578. The molecule has 1 aromatic heterocycles. The Hall–Kier alpha value is -4.23. The Labute approximate surface area is 198 Å². The van der Waals surface area contributed by atoms with Crippen LogP contribution in [0.1, 0.15) is 11.1 Å². The van der Waals surface area contributed by atoms with Crippen LogP contribution in [0.3, 0.4) is 0 Å². The normalized spacial score (nSPS) is 11.4. The Morgan fingerprint density at radius 3 is 2.26 bits per heavy atom. The van der Waals surface area contributed by atoms with Gasteiger partial charge < -0.3 is 5.32 Å². The molecule has 5 aromatic rings. The number of rotatable bonds is 6. The van der Waals surface area contributed by atoms with E-state index in [-0.39, 0.29) is 10.7 Å². The van der Waals surface area contributed by atoms with E-state index in [0.717, 1.165) is 31.5 Å². The molecule has 4 aromatic carbocycles. The predicted octanol–water partition coefficient (Wildman–Crippen LogP) is 5.73. The Morgan fingerprint density at radius 2 is 1.53 bits per heavy atom. The monoisotopic (exact) mass is 466 g/mol. The number of benzene rings is 4. The number of hydrogen-bond acceptors (Lipinski definition) is 5. The summed E-state index contributed by atoms with van der Waals surface area (Å²) in [6, 6.07) is 29.9. The molecule has 0 bridgehead atoms. The molecule has 6 nitrogen and oxygen atoms in total. The lowest BCUT2D eigenvalue weighted by Crippen LogP contribution is -2.17. The first-order valence-corrected chi connectivity index (χ1v) is 12.2. The molecule has 34 heavy (non-hydrogen) atoms. The number of fused-ring (bicyclic) bond motifs is 1. The maximum Gasteiger partial charge on any atom is 0.286 e. The van der Waals surface area contributed by atoms with Crippen LogP contribution in [-0.2, 0) is 10.0 Å². The Bertz CT molecular complexity index is 1610. The van der Waals surface area contributed by atoms with Gasteiger partial charge >= 0.3 is 0 Å². The van der Waals surface area contributed by atoms with Gasteiger partial charge in [-0.2, -0.15) is 8.42 Å². The lowest BCUT2D eigenvalue weighted by Gasteiger charge is -2.14. The summed E-state index contributed by atoms with van der Waals surface area (Å²) in [4.78, 5) is 0.126. The molecule has 1 heterocycles. The third kappa shape index (κ3) is 3.97. The quantitative estimate of drug-likeness (QED) is 0.346. The van der Waals surface area contributed by atoms with E-state index < -0.39 is 10.0 Å². The summed E-state index contributed by atoms with van der Waals surface area (Å²) < 4.78 is 28.0. The summed E-state index contributed by atoms with van der Waals surface area (Å²) in [7, 11) is -4.00. The first-order chi connectivity index (χ1) is 16.4. The molecule has 0 fully saturated rings. The van der Waals surface area contributed by atoms with Crippen LogP contribution in [0, 0.1) is 6.92 Å². The lowest BCUT2D eigenvalue weighted by atomic mass is 10.0. The van der Waals surface area contributed by atoms with Crippen LogP contribution in [0.2, 0.25) is 0 Å². The minimum absolute atomic E-state index is 0.126. The van der Waals surface area contributed by atoms with Crippen molar-refractivity contribution in [2.45, 2.75) is 11.8 Å². The zero-order valence-electron chi connectivity index (χ0n) is 18.5. The van der Waals surface area contributed by atoms with E-state index in [1.54, 1.807) is 24.3 Å². The fourth-order valence-corrected chi connectivity index (χ4v) is 4.92. The zero-order chi connectivity index (χ0) is 23.7. The maximum absolute atomic E-state index is 13.5. The Balaban J connectivity index is 1.66. The Morgan fingerprint density at radius 1 is 0.853 bits per heavy atom. The summed E-state index contributed by atoms with van der Waals surface area (Å²) in [6.07, 6.45) is 0. The molecule has 0 aliphatic rings. The highest BCUT2D eigenvalue weighted by Crippen LogP contribution is 2.32. The van der Waals surface area contributed by atoms with Crippen molar-refractivity contribution < 1.29 is 8.42 Å². The molecular weight excluding hydrogens is 444 g/mol. The summed E-state index contributed by atoms with van der Waals surface area (Å²) in [5.41, 5.74) is 3.48. The van der Waals surface area contributed by atoms with Gasteiger partial charge in [0.05, 0.1) is 4.90 Å². The molecule has 0 radical (unpaired) electrons. The third-order valence-electron chi connectivity index (χ3n) is 5.60. The molecule has 0 unspecified atom stereocenters. The van der Waals surface area contributed by atoms with Gasteiger partial charge in [-0.25, -0.2) is 0 Å². The molecule has 1 N–H and O–H groups in total. The highest BCUT2D eigenvalue weighted by molar-refractivity contribution is 7.90. The highest BCUT2D eigenvalue weighted by atomic mass is 32.2. The van der Waals surface area contributed by atoms with Gasteiger partial charge in [0.2, 0.25) is 0 Å². The van der Waals surface area contributed by atoms with Crippen molar-refractivity contribution in [1.82, 2.24) is 14.4 Å². The van der Waals surface area contributed by atoms with Gasteiger partial charge in [-0.15, -0.1) is 9.19 Å². The number of aromatic nitrogens is 3. The molecule has 0 atom stereocenters. The van der Waals surface area contributed by atoms with E-state index in [4.69, 9.17) is 0 Å². The van der Waals surface area contributed by atoms with E-state index in [0.29, 0.717) is 11.4 Å². The fourth-order valence-electron chi connectivity index (χ4n) is 3.74. The topological polar surface area (TPSA) is 76.9 Å². The first-order valence-electron chi connectivity index (χ1n) is 10.7. The van der Waals surface area contributed by atoms with Gasteiger partial charge in [0.1, 0.15) is 5.69 Å². The van der Waals surface area contributed by atoms with Crippen LogP contribution in [0.4, 0.5) is 5.82 Å². The summed E-state index contributed by atoms with van der Waals surface area (Å²) >= 11 is 0. The van der Waals surface area contributed by atoms with Crippen molar-refractivity contribution in [2.75, 3.05) is 5.32 Å². The van der Waals surface area contributed by atoms with Crippen molar-refractivity contribution in [3.05, 3.63) is 115 Å². The van der Waals surface area contributed by atoms with E-state index in [2.05, 4.69) is 22.2 Å². The van der Waals surface area contributed by atoms with Crippen molar-refractivity contribution in [2.24, 2.45) is 0 Å². The standard InChI is InChI=1S/C27H22N4O2S/c1-19-12-16-25(17-13-19)34(32,33)31-27(28-20(2)21-8-4-3-5-9-21)26(29-30-31)24-15-14-22-10-6-7-11-23(22)18-24/h3-18,28H,2H2,1H3. The summed E-state index contributed by atoms with van der Waals surface area (Å²) in [5, 5.41) is 13.6. The van der Waals surface area contributed by atoms with Crippen LogP contribution in [0.25, 0.3) is 27.7 Å². The van der Waals surface area contributed by atoms with Gasteiger partial charge in [-0.1, -0.05) is 91.0 Å². The second-order valence-electron chi connectivity index (χ2n) is 7.98. The fraction of sp³-hybridized carbons (Fsp3) is 0.0370. The molecule has 5 rings (SSSR count). The summed E-state index contributed by atoms with van der Waals surface area (Å²) in [5.74, 6) is 0.227. The molecular formula is C27H22N4O2S. The molecule has 7 heteroatoms. The number of nitrogens with one attached hydrogen (secondary N) is 1. The van der Waals surface area contributed by atoms with Gasteiger partial charge in [-0.05, 0) is 46.7 Å². The average molecular weight is 467 g/mol. The zero-order valence-corrected chi connectivity index (χ0v) is 19.3. The van der Waals surface area contributed by atoms with Crippen molar-refractivity contribution in [3.63, 3.8) is 0 Å². The van der Waals surface area contributed by atoms with Gasteiger partial charge in [-0.3, -0.25) is 0 Å². The van der Waals surface area contributed by atoms with Crippen LogP contribution >= 0.6 is 0 Å². The average Bonchev–Trinajstić information content (AvgIpc) is 3.29. The van der Waals surface area contributed by atoms with E-state index in [1.807, 2.05) is 79.7 Å². The largest absolute Gasteiger partial charge is 0.338 e. The van der Waals surface area contributed by atoms with E-state index in [9.17, 15) is 8.42 Å². The van der Waals surface area contributed by atoms with Crippen molar-refractivity contribution in [3.8, 4) is 11.3 Å². The predicted molar refractivity (Wildman–Crippen MR) is 136 cm³/mol. The van der Waals surface area contributed by atoms with Gasteiger partial charge in [0.15, 0.2) is 5.82 Å². The van der Waals surface area contributed by atoms with Crippen LogP contribution in [0.15, 0.2) is 109 Å². The first kappa shape index (κ1) is 21.6. The Kier molecular flexibility index (Phi) is 5.47. The number of anilines is 1. The molecule has 168 valence electrons. The van der Waals surface area contributed by atoms with Crippen LogP contribution in [-0.4, -0.2) is 22.8 Å². The van der Waals surface area contributed by atoms with Crippen LogP contribution in [0.5, 0.6) is 0 Å². The van der Waals surface area contributed by atoms with E-state index in [1.165, 1.54) is 0 Å². The second-order valence-corrected chi connectivity index (χ2v) is 9.75. The van der Waals surface area contributed by atoms with Gasteiger partial charge in [0.25, 0.3) is 10.0 Å². The second kappa shape index (κ2) is 8.61. The minimum Gasteiger partial charge on any atom is -0.338 e. The molecule has 0 aliphatic heterocycles. The molecule has 0 saturated heterocycles. The number of hydrogen-bond donors (Lipinski definition) is 1. The SMILES string of the molecule is C=C(Nc1c(-c2ccc3ccccc3c2)nnn1S(=O)(=O)c1ccc(C)cc1)c1ccccc1. The van der Waals surface area contributed by atoms with Crippen molar-refractivity contribution >= 4 is 32.3 Å². The third-order valence-corrected chi connectivity index (χ3v) is 7.18. The smallest absolute Gasteiger partial charge is 0.286 e.